The van der Waals surface area contributed by atoms with E-state index in [0.29, 0.717) is 45.6 Å². The van der Waals surface area contributed by atoms with Gasteiger partial charge >= 0.3 is 6.09 Å². The van der Waals surface area contributed by atoms with Gasteiger partial charge in [0.2, 0.25) is 12.3 Å². The van der Waals surface area contributed by atoms with E-state index in [4.69, 9.17) is 19.3 Å². The van der Waals surface area contributed by atoms with Crippen LogP contribution in [0.2, 0.25) is 0 Å². The lowest BCUT2D eigenvalue weighted by Gasteiger charge is -2.23. The molecule has 1 aliphatic rings. The lowest BCUT2D eigenvalue weighted by atomic mass is 10.2. The van der Waals surface area contributed by atoms with E-state index >= 15 is 0 Å². The number of nitrogens with one attached hydrogen (secondary N) is 1. The normalized spacial score (nSPS) is 13.7. The van der Waals surface area contributed by atoms with Gasteiger partial charge in [-0.05, 0) is 38.3 Å². The van der Waals surface area contributed by atoms with Crippen LogP contribution >= 0.6 is 0 Å². The number of nitrogens with zero attached hydrogens (tertiary/aromatic N) is 3. The third-order valence-electron chi connectivity index (χ3n) is 4.72. The number of aliphatic hydroxyl groups excluding tert-OH is 1. The number of aliphatic imine (C=N–C) groups is 1. The molecule has 206 valence electrons. The first-order valence-electron chi connectivity index (χ1n) is 12.2. The summed E-state index contributed by atoms with van der Waals surface area (Å²) in [6, 6.07) is 9.69. The summed E-state index contributed by atoms with van der Waals surface area (Å²) in [6.07, 6.45) is 4.18. The summed E-state index contributed by atoms with van der Waals surface area (Å²) in [7, 11) is 3.64. The molecular weight excluding hydrogens is 480 g/mol. The van der Waals surface area contributed by atoms with Crippen molar-refractivity contribution in [1.29, 1.82) is 0 Å². The molecule has 1 aliphatic heterocycles. The zero-order chi connectivity index (χ0) is 27.5. The maximum Gasteiger partial charge on any atom is 0.410 e. The van der Waals surface area contributed by atoms with Crippen LogP contribution in [-0.4, -0.2) is 92.0 Å². The SMILES string of the molecule is CC(C)OC(=O)N(CCCCC(=O)NC(/C=C\N(C)C)=NC=O)Cc1ccccc1.OCC1OCCO1. The molecule has 0 saturated carbocycles. The minimum absolute atomic E-state index is 0.0278. The first-order chi connectivity index (χ1) is 17.7. The first kappa shape index (κ1) is 31.7. The maximum absolute atomic E-state index is 12.4. The molecule has 0 radical (unpaired) electrons. The van der Waals surface area contributed by atoms with Crippen LogP contribution in [0.15, 0.2) is 47.6 Å². The van der Waals surface area contributed by atoms with Crippen LogP contribution in [-0.2, 0) is 30.3 Å². The summed E-state index contributed by atoms with van der Waals surface area (Å²) in [5.74, 6) is -0.0479. The van der Waals surface area contributed by atoms with E-state index < -0.39 is 0 Å². The van der Waals surface area contributed by atoms with Crippen LogP contribution in [0.25, 0.3) is 0 Å². The van der Waals surface area contributed by atoms with Gasteiger partial charge in [-0.1, -0.05) is 30.3 Å². The Hall–Kier alpha value is -3.28. The Balaban J connectivity index is 0.000000836. The zero-order valence-electron chi connectivity index (χ0n) is 22.2. The average molecular weight is 521 g/mol. The molecule has 0 aliphatic carbocycles. The highest BCUT2D eigenvalue weighted by Gasteiger charge is 2.17. The fourth-order valence-corrected chi connectivity index (χ4v) is 3.01. The highest BCUT2D eigenvalue weighted by molar-refractivity contribution is 6.06. The molecule has 11 nitrogen and oxygen atoms in total. The summed E-state index contributed by atoms with van der Waals surface area (Å²) in [5, 5.41) is 10.9. The Morgan fingerprint density at radius 3 is 2.41 bits per heavy atom. The van der Waals surface area contributed by atoms with E-state index in [1.165, 1.54) is 0 Å². The van der Waals surface area contributed by atoms with E-state index in [2.05, 4.69) is 10.3 Å². The molecule has 1 fully saturated rings. The molecule has 1 aromatic carbocycles. The van der Waals surface area contributed by atoms with Crippen molar-refractivity contribution in [3.05, 3.63) is 48.2 Å². The van der Waals surface area contributed by atoms with Gasteiger partial charge in [-0.25, -0.2) is 4.79 Å². The number of hydrogen-bond acceptors (Lipinski definition) is 8. The van der Waals surface area contributed by atoms with Gasteiger partial charge in [0, 0.05) is 39.8 Å². The zero-order valence-corrected chi connectivity index (χ0v) is 22.2. The first-order valence-corrected chi connectivity index (χ1v) is 12.2. The van der Waals surface area contributed by atoms with Crippen molar-refractivity contribution in [3.8, 4) is 0 Å². The molecule has 1 saturated heterocycles. The Kier molecular flexibility index (Phi) is 16.2. The number of amidine groups is 1. The molecule has 37 heavy (non-hydrogen) atoms. The molecule has 11 heteroatoms. The van der Waals surface area contributed by atoms with Gasteiger partial charge in [0.15, 0.2) is 6.29 Å². The third-order valence-corrected chi connectivity index (χ3v) is 4.72. The smallest absolute Gasteiger partial charge is 0.410 e. The van der Waals surface area contributed by atoms with Gasteiger partial charge < -0.3 is 34.4 Å². The minimum Gasteiger partial charge on any atom is -0.447 e. The summed E-state index contributed by atoms with van der Waals surface area (Å²) in [4.78, 5) is 42.2. The highest BCUT2D eigenvalue weighted by Crippen LogP contribution is 2.10. The van der Waals surface area contributed by atoms with Gasteiger partial charge in [-0.15, -0.1) is 0 Å². The van der Waals surface area contributed by atoms with Gasteiger partial charge in [0.25, 0.3) is 0 Å². The molecular formula is C26H40N4O7. The van der Waals surface area contributed by atoms with Crippen LogP contribution < -0.4 is 5.32 Å². The number of benzene rings is 1. The monoisotopic (exact) mass is 520 g/mol. The number of hydrogen-bond donors (Lipinski definition) is 2. The van der Waals surface area contributed by atoms with Crippen LogP contribution in [0.4, 0.5) is 4.79 Å². The third kappa shape index (κ3) is 15.4. The molecule has 0 unspecified atom stereocenters. The van der Waals surface area contributed by atoms with Gasteiger partial charge in [-0.2, -0.15) is 4.99 Å². The van der Waals surface area contributed by atoms with E-state index in [0.717, 1.165) is 5.56 Å². The largest absolute Gasteiger partial charge is 0.447 e. The Morgan fingerprint density at radius 1 is 1.19 bits per heavy atom. The molecule has 1 heterocycles. The topological polar surface area (TPSA) is 130 Å². The summed E-state index contributed by atoms with van der Waals surface area (Å²) in [6.45, 7) is 5.75. The molecule has 0 atom stereocenters. The lowest BCUT2D eigenvalue weighted by Crippen LogP contribution is -2.34. The number of rotatable bonds is 12. The number of carbonyl (C=O) groups is 3. The van der Waals surface area contributed by atoms with Crippen LogP contribution in [0, 0.1) is 0 Å². The molecule has 1 aromatic rings. The van der Waals surface area contributed by atoms with E-state index in [-0.39, 0.29) is 43.3 Å². The highest BCUT2D eigenvalue weighted by atomic mass is 16.7. The van der Waals surface area contributed by atoms with Crippen LogP contribution in [0.1, 0.15) is 38.7 Å². The summed E-state index contributed by atoms with van der Waals surface area (Å²) < 4.78 is 15.0. The van der Waals surface area contributed by atoms with Crippen molar-refractivity contribution in [3.63, 3.8) is 0 Å². The molecule has 0 aromatic heterocycles. The molecule has 0 bridgehead atoms. The average Bonchev–Trinajstić information content (AvgIpc) is 3.39. The number of unbranched alkanes of at least 4 members (excludes halogenated alkanes) is 1. The fourth-order valence-electron chi connectivity index (χ4n) is 3.01. The second kappa shape index (κ2) is 18.9. The van der Waals surface area contributed by atoms with Crippen molar-refractivity contribution in [2.75, 3.05) is 40.5 Å². The Bertz CT molecular complexity index is 854. The molecule has 3 amide bonds. The predicted molar refractivity (Wildman–Crippen MR) is 140 cm³/mol. The van der Waals surface area contributed by atoms with Gasteiger partial charge in [-0.3, -0.25) is 9.59 Å². The molecule has 0 spiro atoms. The number of amides is 3. The maximum atomic E-state index is 12.4. The van der Waals surface area contributed by atoms with Crippen molar-refractivity contribution in [2.45, 2.75) is 52.0 Å². The lowest BCUT2D eigenvalue weighted by molar-refractivity contribution is -0.119. The Labute approximate surface area is 219 Å². The van der Waals surface area contributed by atoms with Crippen molar-refractivity contribution < 1.29 is 33.7 Å². The Morgan fingerprint density at radius 2 is 1.86 bits per heavy atom. The quantitative estimate of drug-likeness (QED) is 0.186. The van der Waals surface area contributed by atoms with Crippen molar-refractivity contribution >= 4 is 24.2 Å². The number of carbonyl (C=O) groups excluding carboxylic acids is 3. The van der Waals surface area contributed by atoms with Gasteiger partial charge in [0.05, 0.1) is 25.9 Å². The van der Waals surface area contributed by atoms with Crippen molar-refractivity contribution in [1.82, 2.24) is 15.1 Å². The summed E-state index contributed by atoms with van der Waals surface area (Å²) in [5.41, 5.74) is 1.01. The molecule has 2 N–H and O–H groups in total. The number of ether oxygens (including phenoxy) is 3. The fraction of sp³-hybridized carbons (Fsp3) is 0.538. The predicted octanol–water partition coefficient (Wildman–Crippen LogP) is 2.30. The van der Waals surface area contributed by atoms with Crippen LogP contribution in [0.3, 0.4) is 0 Å². The van der Waals surface area contributed by atoms with Gasteiger partial charge in [0.1, 0.15) is 5.84 Å². The molecule has 2 rings (SSSR count). The second-order valence-corrected chi connectivity index (χ2v) is 8.60. The van der Waals surface area contributed by atoms with Crippen molar-refractivity contribution in [2.24, 2.45) is 4.99 Å². The second-order valence-electron chi connectivity index (χ2n) is 8.60. The number of aliphatic hydroxyl groups is 1. The summed E-state index contributed by atoms with van der Waals surface area (Å²) >= 11 is 0. The standard InChI is InChI=1S/C22H32N4O4.C4H8O3/c1-18(2)30-22(29)26(16-19-10-6-5-7-11-19)14-9-8-12-21(28)24-20(23-17-27)13-15-25(3)4;5-3-4-6-1-2-7-4/h5-7,10-11,13,15,17-18H,8-9,12,14,16H2,1-4H3,(H,23,24,27,28);4-5H,1-3H2/b15-13-;. The van der Waals surface area contributed by atoms with E-state index in [1.807, 2.05) is 58.3 Å². The minimum atomic E-state index is -0.368. The van der Waals surface area contributed by atoms with E-state index in [9.17, 15) is 14.4 Å². The van der Waals surface area contributed by atoms with E-state index in [1.54, 1.807) is 22.1 Å². The van der Waals surface area contributed by atoms with Crippen LogP contribution in [0.5, 0.6) is 0 Å².